The van der Waals surface area contributed by atoms with Gasteiger partial charge in [-0.25, -0.2) is 0 Å². The molecule has 1 aliphatic heterocycles. The van der Waals surface area contributed by atoms with Gasteiger partial charge < -0.3 is 15.4 Å². The Labute approximate surface area is 142 Å². The molecule has 3 nitrogen and oxygen atoms in total. The maximum atomic E-state index is 6.56. The van der Waals surface area contributed by atoms with Crippen molar-refractivity contribution in [2.75, 3.05) is 13.6 Å². The van der Waals surface area contributed by atoms with Crippen LogP contribution in [0.25, 0.3) is 0 Å². The third-order valence-electron chi connectivity index (χ3n) is 5.10. The fraction of sp³-hybridized carbons (Fsp3) is 0.700. The van der Waals surface area contributed by atoms with Crippen LogP contribution in [0.4, 0.5) is 0 Å². The molecule has 2 N–H and O–H groups in total. The summed E-state index contributed by atoms with van der Waals surface area (Å²) >= 11 is 0. The molecule has 2 rings (SSSR count). The van der Waals surface area contributed by atoms with Crippen LogP contribution in [0.2, 0.25) is 0 Å². The van der Waals surface area contributed by atoms with Crippen molar-refractivity contribution in [1.82, 2.24) is 4.90 Å². The fourth-order valence-corrected chi connectivity index (χ4v) is 3.71. The molecule has 0 aromatic heterocycles. The van der Waals surface area contributed by atoms with E-state index in [0.717, 1.165) is 24.0 Å². The van der Waals surface area contributed by atoms with Crippen LogP contribution in [0.5, 0.6) is 5.75 Å². The molecule has 3 heteroatoms. The first-order chi connectivity index (χ1) is 10.9. The van der Waals surface area contributed by atoms with E-state index in [0.29, 0.717) is 6.04 Å². The summed E-state index contributed by atoms with van der Waals surface area (Å²) < 4.78 is 5.79. The Morgan fingerprint density at radius 1 is 1.22 bits per heavy atom. The minimum Gasteiger partial charge on any atom is -0.491 e. The predicted molar refractivity (Wildman–Crippen MR) is 97.9 cm³/mol. The maximum Gasteiger partial charge on any atom is 0.119 e. The van der Waals surface area contributed by atoms with Crippen molar-refractivity contribution in [3.05, 3.63) is 29.8 Å². The molecular formula is C20H34N2O. The molecule has 0 spiro atoms. The van der Waals surface area contributed by atoms with Crippen LogP contribution < -0.4 is 10.5 Å². The van der Waals surface area contributed by atoms with Crippen LogP contribution in [0, 0.1) is 11.8 Å². The second-order valence-electron chi connectivity index (χ2n) is 7.77. The number of benzene rings is 1. The van der Waals surface area contributed by atoms with Crippen LogP contribution in [0.1, 0.15) is 46.1 Å². The van der Waals surface area contributed by atoms with E-state index < -0.39 is 0 Å². The molecule has 0 radical (unpaired) electrons. The molecule has 3 unspecified atom stereocenters. The smallest absolute Gasteiger partial charge is 0.119 e. The number of likely N-dealkylation sites (N-methyl/N-ethyl adjacent to an activating group) is 1. The van der Waals surface area contributed by atoms with Crippen molar-refractivity contribution in [2.45, 2.75) is 65.1 Å². The standard InChI is InChI=1S/C20H34N2O/c1-14(2)17-9-10-20(22(5)13-17)19(21)12-16-7-6-8-18(11-16)23-15(3)4/h6-8,11,14-15,17,19-20H,9-10,12-13,21H2,1-5H3. The van der Waals surface area contributed by atoms with Crippen molar-refractivity contribution in [3.8, 4) is 5.75 Å². The van der Waals surface area contributed by atoms with Crippen LogP contribution >= 0.6 is 0 Å². The molecule has 0 aliphatic carbocycles. The average Bonchev–Trinajstić information content (AvgIpc) is 2.46. The average molecular weight is 319 g/mol. The minimum atomic E-state index is 0.183. The molecule has 3 atom stereocenters. The van der Waals surface area contributed by atoms with Gasteiger partial charge in [0.15, 0.2) is 0 Å². The van der Waals surface area contributed by atoms with E-state index in [1.54, 1.807) is 0 Å². The molecule has 1 aliphatic rings. The summed E-state index contributed by atoms with van der Waals surface area (Å²) in [5.41, 5.74) is 7.83. The first-order valence-corrected chi connectivity index (χ1v) is 9.08. The van der Waals surface area contributed by atoms with Gasteiger partial charge in [0.25, 0.3) is 0 Å². The monoisotopic (exact) mass is 318 g/mol. The Balaban J connectivity index is 1.95. The number of rotatable bonds is 6. The lowest BCUT2D eigenvalue weighted by Crippen LogP contribution is -2.52. The lowest BCUT2D eigenvalue weighted by Gasteiger charge is -2.41. The highest BCUT2D eigenvalue weighted by molar-refractivity contribution is 5.29. The van der Waals surface area contributed by atoms with E-state index in [1.165, 1.54) is 24.9 Å². The molecule has 23 heavy (non-hydrogen) atoms. The second kappa shape index (κ2) is 8.16. The van der Waals surface area contributed by atoms with Gasteiger partial charge in [-0.3, -0.25) is 0 Å². The van der Waals surface area contributed by atoms with Crippen LogP contribution in [0.15, 0.2) is 24.3 Å². The second-order valence-corrected chi connectivity index (χ2v) is 7.77. The number of nitrogens with two attached hydrogens (primary N) is 1. The molecule has 1 saturated heterocycles. The van der Waals surface area contributed by atoms with Gasteiger partial charge in [0.2, 0.25) is 0 Å². The van der Waals surface area contributed by atoms with E-state index in [2.05, 4.69) is 57.8 Å². The molecule has 0 amide bonds. The molecule has 1 aromatic rings. The Morgan fingerprint density at radius 3 is 2.57 bits per heavy atom. The summed E-state index contributed by atoms with van der Waals surface area (Å²) in [4.78, 5) is 2.48. The van der Waals surface area contributed by atoms with Crippen LogP contribution in [-0.2, 0) is 6.42 Å². The highest BCUT2D eigenvalue weighted by Crippen LogP contribution is 2.28. The summed E-state index contributed by atoms with van der Waals surface area (Å²) in [6, 6.07) is 9.06. The van der Waals surface area contributed by atoms with Crippen molar-refractivity contribution in [1.29, 1.82) is 0 Å². The summed E-state index contributed by atoms with van der Waals surface area (Å²) in [5, 5.41) is 0. The highest BCUT2D eigenvalue weighted by atomic mass is 16.5. The van der Waals surface area contributed by atoms with Crippen molar-refractivity contribution in [2.24, 2.45) is 17.6 Å². The van der Waals surface area contributed by atoms with Gasteiger partial charge >= 0.3 is 0 Å². The molecule has 1 aromatic carbocycles. The highest BCUT2D eigenvalue weighted by Gasteiger charge is 2.30. The Bertz CT molecular complexity index is 486. The summed E-state index contributed by atoms with van der Waals surface area (Å²) in [5.74, 6) is 2.52. The topological polar surface area (TPSA) is 38.5 Å². The summed E-state index contributed by atoms with van der Waals surface area (Å²) in [7, 11) is 2.23. The largest absolute Gasteiger partial charge is 0.491 e. The number of hydrogen-bond acceptors (Lipinski definition) is 3. The van der Waals surface area contributed by atoms with Gasteiger partial charge in [0.05, 0.1) is 6.10 Å². The molecule has 0 saturated carbocycles. The molecule has 130 valence electrons. The number of piperidine rings is 1. The third-order valence-corrected chi connectivity index (χ3v) is 5.10. The van der Waals surface area contributed by atoms with E-state index >= 15 is 0 Å². The predicted octanol–water partition coefficient (Wildman–Crippen LogP) is 3.71. The molecular weight excluding hydrogens is 284 g/mol. The van der Waals surface area contributed by atoms with E-state index in [4.69, 9.17) is 10.5 Å². The van der Waals surface area contributed by atoms with Crippen LogP contribution in [-0.4, -0.2) is 36.7 Å². The Hall–Kier alpha value is -1.06. The summed E-state index contributed by atoms with van der Waals surface area (Å²) in [6.07, 6.45) is 3.63. The lowest BCUT2D eigenvalue weighted by atomic mass is 9.82. The Morgan fingerprint density at radius 2 is 1.96 bits per heavy atom. The van der Waals surface area contributed by atoms with Crippen molar-refractivity contribution in [3.63, 3.8) is 0 Å². The minimum absolute atomic E-state index is 0.183. The number of ether oxygens (including phenoxy) is 1. The zero-order chi connectivity index (χ0) is 17.0. The van der Waals surface area contributed by atoms with Crippen molar-refractivity contribution < 1.29 is 4.74 Å². The van der Waals surface area contributed by atoms with Gasteiger partial charge in [-0.2, -0.15) is 0 Å². The maximum absolute atomic E-state index is 6.56. The fourth-order valence-electron chi connectivity index (χ4n) is 3.71. The Kier molecular flexibility index (Phi) is 6.49. The van der Waals surface area contributed by atoms with E-state index in [-0.39, 0.29) is 12.1 Å². The zero-order valence-corrected chi connectivity index (χ0v) is 15.5. The van der Waals surface area contributed by atoms with Crippen molar-refractivity contribution >= 4 is 0 Å². The SMILES string of the molecule is CC(C)Oc1cccc(CC(N)C2CCC(C(C)C)CN2C)c1. The summed E-state index contributed by atoms with van der Waals surface area (Å²) in [6.45, 7) is 9.95. The van der Waals surface area contributed by atoms with Crippen LogP contribution in [0.3, 0.4) is 0 Å². The molecule has 1 fully saturated rings. The number of hydrogen-bond donors (Lipinski definition) is 1. The van der Waals surface area contributed by atoms with Gasteiger partial charge in [0, 0.05) is 18.6 Å². The van der Waals surface area contributed by atoms with Gasteiger partial charge in [-0.1, -0.05) is 26.0 Å². The molecule has 1 heterocycles. The number of likely N-dealkylation sites (tertiary alicyclic amines) is 1. The van der Waals surface area contributed by atoms with Gasteiger partial charge in [-0.05, 0) is 69.7 Å². The quantitative estimate of drug-likeness (QED) is 0.869. The third kappa shape index (κ3) is 5.22. The van der Waals surface area contributed by atoms with E-state index in [9.17, 15) is 0 Å². The normalized spacial score (nSPS) is 24.2. The lowest BCUT2D eigenvalue weighted by molar-refractivity contribution is 0.0970. The first kappa shape index (κ1) is 18.3. The zero-order valence-electron chi connectivity index (χ0n) is 15.5. The van der Waals surface area contributed by atoms with Gasteiger partial charge in [0.1, 0.15) is 5.75 Å². The van der Waals surface area contributed by atoms with Gasteiger partial charge in [-0.15, -0.1) is 0 Å². The molecule has 0 bridgehead atoms. The number of nitrogens with zero attached hydrogens (tertiary/aromatic N) is 1. The first-order valence-electron chi connectivity index (χ1n) is 9.08. The van der Waals surface area contributed by atoms with E-state index in [1.807, 2.05) is 6.07 Å².